The number of rotatable bonds is 4. The van der Waals surface area contributed by atoms with E-state index < -0.39 is 11.7 Å². The molecule has 1 aromatic carbocycles. The van der Waals surface area contributed by atoms with Gasteiger partial charge in [-0.05, 0) is 37.8 Å². The van der Waals surface area contributed by atoms with Crippen molar-refractivity contribution >= 4 is 23.3 Å². The van der Waals surface area contributed by atoms with Gasteiger partial charge in [0.2, 0.25) is 11.9 Å². The number of carbonyl (C=O) groups is 1. The molecule has 1 aliphatic rings. The second kappa shape index (κ2) is 8.50. The Morgan fingerprint density at radius 3 is 2.75 bits per heavy atom. The summed E-state index contributed by atoms with van der Waals surface area (Å²) in [6.07, 6.45) is 3.13. The van der Waals surface area contributed by atoms with Crippen molar-refractivity contribution in [1.82, 2.24) is 19.7 Å². The van der Waals surface area contributed by atoms with E-state index in [2.05, 4.69) is 20.4 Å². The van der Waals surface area contributed by atoms with E-state index in [1.807, 2.05) is 20.8 Å². The lowest BCUT2D eigenvalue weighted by Gasteiger charge is -2.16. The van der Waals surface area contributed by atoms with Crippen LogP contribution in [0.25, 0.3) is 5.95 Å². The van der Waals surface area contributed by atoms with E-state index >= 15 is 0 Å². The average molecular weight is 458 g/mol. The summed E-state index contributed by atoms with van der Waals surface area (Å²) >= 11 is 6.07. The van der Waals surface area contributed by atoms with Crippen LogP contribution in [0.2, 0.25) is 5.02 Å². The van der Waals surface area contributed by atoms with E-state index in [0.29, 0.717) is 23.5 Å². The van der Waals surface area contributed by atoms with Gasteiger partial charge in [0.25, 0.3) is 5.56 Å². The molecule has 0 saturated carbocycles. The molecule has 4 rings (SSSR count). The Labute approximate surface area is 190 Å². The maximum Gasteiger partial charge on any atom is 0.255 e. The fraction of sp³-hybridized carbons (Fsp3) is 0.391. The number of halogens is 2. The maximum absolute atomic E-state index is 14.1. The molecule has 2 aromatic heterocycles. The minimum atomic E-state index is -0.544. The number of benzene rings is 1. The highest BCUT2D eigenvalue weighted by atomic mass is 35.5. The molecule has 9 heteroatoms. The highest BCUT2D eigenvalue weighted by Crippen LogP contribution is 2.27. The van der Waals surface area contributed by atoms with E-state index in [0.717, 1.165) is 25.0 Å². The number of hydrogen-bond acceptors (Lipinski definition) is 4. The molecule has 0 bridgehead atoms. The summed E-state index contributed by atoms with van der Waals surface area (Å²) in [7, 11) is 0. The number of aryl methyl sites for hydroxylation is 1. The van der Waals surface area contributed by atoms with Crippen LogP contribution in [0.3, 0.4) is 0 Å². The zero-order chi connectivity index (χ0) is 23.0. The van der Waals surface area contributed by atoms with E-state index in [-0.39, 0.29) is 33.9 Å². The summed E-state index contributed by atoms with van der Waals surface area (Å²) in [5, 5.41) is 7.57. The first-order valence-electron chi connectivity index (χ1n) is 10.6. The van der Waals surface area contributed by atoms with Crippen molar-refractivity contribution in [2.45, 2.75) is 58.3 Å². The van der Waals surface area contributed by atoms with Crippen LogP contribution in [0.5, 0.6) is 0 Å². The normalized spacial score (nSPS) is 13.7. The smallest absolute Gasteiger partial charge is 0.255 e. The van der Waals surface area contributed by atoms with Gasteiger partial charge in [-0.3, -0.25) is 14.6 Å². The first-order valence-corrected chi connectivity index (χ1v) is 11.0. The van der Waals surface area contributed by atoms with Crippen molar-refractivity contribution < 1.29 is 9.18 Å². The molecular weight excluding hydrogens is 433 g/mol. The summed E-state index contributed by atoms with van der Waals surface area (Å²) in [4.78, 5) is 32.8. The number of aromatic nitrogens is 4. The standard InChI is InChI=1S/C23H25ClFN5O2/c1-23(2,3)18-12-19(27-20(31)11-14-15(24)8-6-9-16(14)25)30(29-18)22-26-17-10-5-4-7-13(17)21(32)28-22/h6,8-9,12H,4-5,7,10-11H2,1-3H3,(H,27,31)(H,26,28,32). The van der Waals surface area contributed by atoms with E-state index in [1.165, 1.54) is 22.9 Å². The van der Waals surface area contributed by atoms with Gasteiger partial charge in [0.15, 0.2) is 0 Å². The summed E-state index contributed by atoms with van der Waals surface area (Å²) in [5.41, 5.74) is 1.80. The zero-order valence-electron chi connectivity index (χ0n) is 18.3. The molecular formula is C23H25ClFN5O2. The van der Waals surface area contributed by atoms with Gasteiger partial charge >= 0.3 is 0 Å². The molecule has 7 nitrogen and oxygen atoms in total. The molecule has 0 saturated heterocycles. The number of nitrogens with zero attached hydrogens (tertiary/aromatic N) is 3. The number of anilines is 1. The topological polar surface area (TPSA) is 92.7 Å². The molecule has 3 aromatic rings. The Morgan fingerprint density at radius 1 is 1.28 bits per heavy atom. The molecule has 0 spiro atoms. The van der Waals surface area contributed by atoms with Gasteiger partial charge in [0.05, 0.1) is 17.8 Å². The largest absolute Gasteiger partial charge is 0.310 e. The molecule has 0 atom stereocenters. The SMILES string of the molecule is CC(C)(C)c1cc(NC(=O)Cc2c(F)cccc2Cl)n(-c2nc3c(c(=O)[nH]2)CCCC3)n1. The molecule has 2 heterocycles. The van der Waals surface area contributed by atoms with Crippen LogP contribution in [0.15, 0.2) is 29.1 Å². The second-order valence-corrected chi connectivity index (χ2v) is 9.43. The summed E-state index contributed by atoms with van der Waals surface area (Å²) in [5.74, 6) is -0.423. The number of H-pyrrole nitrogens is 1. The minimum Gasteiger partial charge on any atom is -0.310 e. The van der Waals surface area contributed by atoms with Gasteiger partial charge in [-0.15, -0.1) is 0 Å². The van der Waals surface area contributed by atoms with Crippen LogP contribution >= 0.6 is 11.6 Å². The summed E-state index contributed by atoms with van der Waals surface area (Å²) in [6.45, 7) is 5.98. The Hall–Kier alpha value is -3.00. The Kier molecular flexibility index (Phi) is 5.90. The van der Waals surface area contributed by atoms with E-state index in [4.69, 9.17) is 11.6 Å². The van der Waals surface area contributed by atoms with Crippen LogP contribution in [-0.2, 0) is 29.5 Å². The molecule has 168 valence electrons. The summed E-state index contributed by atoms with van der Waals surface area (Å²) in [6, 6.07) is 6.03. The molecule has 0 aliphatic heterocycles. The second-order valence-electron chi connectivity index (χ2n) is 9.02. The van der Waals surface area contributed by atoms with Gasteiger partial charge in [-0.2, -0.15) is 9.78 Å². The third-order valence-electron chi connectivity index (χ3n) is 5.52. The van der Waals surface area contributed by atoms with Crippen molar-refractivity contribution in [2.75, 3.05) is 5.32 Å². The van der Waals surface area contributed by atoms with Crippen LogP contribution < -0.4 is 10.9 Å². The first kappa shape index (κ1) is 22.2. The predicted molar refractivity (Wildman–Crippen MR) is 121 cm³/mol. The lowest BCUT2D eigenvalue weighted by molar-refractivity contribution is -0.115. The lowest BCUT2D eigenvalue weighted by Crippen LogP contribution is -2.25. The first-order chi connectivity index (χ1) is 15.1. The monoisotopic (exact) mass is 457 g/mol. The molecule has 32 heavy (non-hydrogen) atoms. The van der Waals surface area contributed by atoms with Gasteiger partial charge < -0.3 is 5.32 Å². The van der Waals surface area contributed by atoms with Gasteiger partial charge in [-0.25, -0.2) is 9.37 Å². The van der Waals surface area contributed by atoms with Crippen molar-refractivity contribution in [3.8, 4) is 5.95 Å². The van der Waals surface area contributed by atoms with Gasteiger partial charge in [0.1, 0.15) is 11.6 Å². The molecule has 1 amide bonds. The quantitative estimate of drug-likeness (QED) is 0.616. The Balaban J connectivity index is 1.71. The van der Waals surface area contributed by atoms with E-state index in [1.54, 1.807) is 6.07 Å². The van der Waals surface area contributed by atoms with E-state index in [9.17, 15) is 14.0 Å². The number of hydrogen-bond donors (Lipinski definition) is 2. The lowest BCUT2D eigenvalue weighted by atomic mass is 9.92. The maximum atomic E-state index is 14.1. The van der Waals surface area contributed by atoms with Crippen LogP contribution in [-0.4, -0.2) is 25.7 Å². The third kappa shape index (κ3) is 4.46. The average Bonchev–Trinajstić information content (AvgIpc) is 3.15. The number of aromatic amines is 1. The van der Waals surface area contributed by atoms with Crippen LogP contribution in [0.4, 0.5) is 10.2 Å². The molecule has 0 unspecified atom stereocenters. The van der Waals surface area contributed by atoms with Gasteiger partial charge in [0, 0.05) is 27.6 Å². The summed E-state index contributed by atoms with van der Waals surface area (Å²) < 4.78 is 15.6. The fourth-order valence-electron chi connectivity index (χ4n) is 3.74. The van der Waals surface area contributed by atoms with Gasteiger partial charge in [-0.1, -0.05) is 38.4 Å². The van der Waals surface area contributed by atoms with Crippen molar-refractivity contribution in [3.63, 3.8) is 0 Å². The highest BCUT2D eigenvalue weighted by Gasteiger charge is 2.24. The Morgan fingerprint density at radius 2 is 2.03 bits per heavy atom. The third-order valence-corrected chi connectivity index (χ3v) is 5.88. The highest BCUT2D eigenvalue weighted by molar-refractivity contribution is 6.31. The number of carbonyl (C=O) groups excluding carboxylic acids is 1. The fourth-order valence-corrected chi connectivity index (χ4v) is 3.97. The molecule has 0 radical (unpaired) electrons. The van der Waals surface area contributed by atoms with Crippen LogP contribution in [0, 0.1) is 5.82 Å². The predicted octanol–water partition coefficient (Wildman–Crippen LogP) is 4.11. The molecule has 1 aliphatic carbocycles. The number of nitrogens with one attached hydrogen (secondary N) is 2. The Bertz CT molecular complexity index is 1220. The van der Waals surface area contributed by atoms with Crippen molar-refractivity contribution in [2.24, 2.45) is 0 Å². The van der Waals surface area contributed by atoms with Crippen molar-refractivity contribution in [1.29, 1.82) is 0 Å². The molecule has 2 N–H and O–H groups in total. The van der Waals surface area contributed by atoms with Crippen molar-refractivity contribution in [3.05, 3.63) is 68.0 Å². The zero-order valence-corrected chi connectivity index (χ0v) is 19.0. The number of fused-ring (bicyclic) bond motifs is 1. The minimum absolute atomic E-state index is 0.120. The van der Waals surface area contributed by atoms with Crippen LogP contribution in [0.1, 0.15) is 56.1 Å². The molecule has 0 fully saturated rings. The number of amides is 1.